The molecule has 1 aliphatic rings. The molecule has 1 aromatic carbocycles. The molecule has 1 N–H and O–H groups in total. The average molecular weight is 262 g/mol. The molecule has 0 bridgehead atoms. The van der Waals surface area contributed by atoms with Gasteiger partial charge >= 0.3 is 0 Å². The van der Waals surface area contributed by atoms with Crippen molar-refractivity contribution >= 4 is 0 Å². The van der Waals surface area contributed by atoms with Gasteiger partial charge in [-0.15, -0.1) is 0 Å². The Balaban J connectivity index is 2.08. The number of benzene rings is 1. The van der Waals surface area contributed by atoms with E-state index in [1.807, 2.05) is 7.05 Å². The molecule has 0 saturated heterocycles. The highest BCUT2D eigenvalue weighted by Gasteiger charge is 2.23. The Hall–Kier alpha value is -1.06. The van der Waals surface area contributed by atoms with Crippen LogP contribution in [0, 0.1) is 0 Å². The molecule has 106 valence electrons. The predicted octanol–water partition coefficient (Wildman–Crippen LogP) is 2.61. The molecule has 1 atom stereocenters. The Labute approximate surface area is 116 Å². The summed E-state index contributed by atoms with van der Waals surface area (Å²) in [5.74, 6) is 0.984. The minimum absolute atomic E-state index is 0.575. The third-order valence-corrected chi connectivity index (χ3v) is 4.10. The first-order chi connectivity index (χ1) is 9.26. The number of nitrogens with zero attached hydrogens (tertiary/aromatic N) is 1. The van der Waals surface area contributed by atoms with Crippen molar-refractivity contribution in [3.8, 4) is 5.75 Å². The molecule has 19 heavy (non-hydrogen) atoms. The summed E-state index contributed by atoms with van der Waals surface area (Å²) in [5, 5.41) is 3.22. The Morgan fingerprint density at radius 3 is 3.00 bits per heavy atom. The zero-order valence-corrected chi connectivity index (χ0v) is 12.4. The van der Waals surface area contributed by atoms with E-state index in [0.29, 0.717) is 6.04 Å². The molecule has 0 amide bonds. The van der Waals surface area contributed by atoms with E-state index in [4.69, 9.17) is 4.74 Å². The zero-order valence-electron chi connectivity index (χ0n) is 12.4. The Morgan fingerprint density at radius 2 is 2.26 bits per heavy atom. The first kappa shape index (κ1) is 14.4. The molecule has 1 unspecified atom stereocenters. The normalized spacial score (nSPS) is 18.4. The zero-order chi connectivity index (χ0) is 13.7. The smallest absolute Gasteiger partial charge is 0.119 e. The highest BCUT2D eigenvalue weighted by Crippen LogP contribution is 2.35. The summed E-state index contributed by atoms with van der Waals surface area (Å²) in [7, 11) is 6.01. The van der Waals surface area contributed by atoms with Crippen molar-refractivity contribution in [2.45, 2.75) is 31.7 Å². The lowest BCUT2D eigenvalue weighted by molar-refractivity contribution is 0.218. The molecular weight excluding hydrogens is 236 g/mol. The Morgan fingerprint density at radius 1 is 1.42 bits per heavy atom. The van der Waals surface area contributed by atoms with Crippen LogP contribution in [0.25, 0.3) is 0 Å². The van der Waals surface area contributed by atoms with Crippen molar-refractivity contribution in [2.75, 3.05) is 34.3 Å². The van der Waals surface area contributed by atoms with Gasteiger partial charge in [-0.1, -0.05) is 6.07 Å². The van der Waals surface area contributed by atoms with Crippen LogP contribution in [0.15, 0.2) is 18.2 Å². The van der Waals surface area contributed by atoms with Crippen molar-refractivity contribution in [3.05, 3.63) is 29.3 Å². The quantitative estimate of drug-likeness (QED) is 0.798. The lowest BCUT2D eigenvalue weighted by Gasteiger charge is -2.33. The second kappa shape index (κ2) is 6.92. The molecule has 3 heteroatoms. The minimum atomic E-state index is 0.575. The molecule has 1 aliphatic carbocycles. The summed E-state index contributed by atoms with van der Waals surface area (Å²) in [4.78, 5) is 2.50. The van der Waals surface area contributed by atoms with Gasteiger partial charge in [0.1, 0.15) is 5.75 Å². The molecular formula is C16H26N2O. The van der Waals surface area contributed by atoms with E-state index < -0.39 is 0 Å². The standard InChI is InChI=1S/C16H26N2O/c1-17-10-5-11-18(2)16-7-4-6-13-12-14(19-3)8-9-15(13)16/h8-9,12,16-17H,4-7,10-11H2,1-3H3. The second-order valence-corrected chi connectivity index (χ2v) is 5.41. The highest BCUT2D eigenvalue weighted by atomic mass is 16.5. The SMILES string of the molecule is CNCCCN(C)C1CCCc2cc(OC)ccc21. The van der Waals surface area contributed by atoms with Crippen molar-refractivity contribution < 1.29 is 4.74 Å². The summed E-state index contributed by atoms with van der Waals surface area (Å²) >= 11 is 0. The first-order valence-corrected chi connectivity index (χ1v) is 7.28. The fraction of sp³-hybridized carbons (Fsp3) is 0.625. The van der Waals surface area contributed by atoms with Gasteiger partial charge in [0.2, 0.25) is 0 Å². The number of ether oxygens (including phenoxy) is 1. The van der Waals surface area contributed by atoms with E-state index in [1.165, 1.54) is 36.8 Å². The Bertz CT molecular complexity index is 406. The minimum Gasteiger partial charge on any atom is -0.497 e. The molecule has 0 heterocycles. The number of nitrogens with one attached hydrogen (secondary N) is 1. The second-order valence-electron chi connectivity index (χ2n) is 5.41. The van der Waals surface area contributed by atoms with Gasteiger partial charge in [-0.2, -0.15) is 0 Å². The lowest BCUT2D eigenvalue weighted by Crippen LogP contribution is -2.30. The summed E-state index contributed by atoms with van der Waals surface area (Å²) in [6, 6.07) is 7.14. The van der Waals surface area contributed by atoms with Crippen molar-refractivity contribution in [2.24, 2.45) is 0 Å². The van der Waals surface area contributed by atoms with Gasteiger partial charge in [0, 0.05) is 6.04 Å². The van der Waals surface area contributed by atoms with Gasteiger partial charge < -0.3 is 10.1 Å². The molecule has 0 saturated carbocycles. The van der Waals surface area contributed by atoms with Crippen LogP contribution in [0.1, 0.15) is 36.4 Å². The van der Waals surface area contributed by atoms with Crippen LogP contribution < -0.4 is 10.1 Å². The van der Waals surface area contributed by atoms with E-state index in [-0.39, 0.29) is 0 Å². The van der Waals surface area contributed by atoms with Gasteiger partial charge in [0.05, 0.1) is 7.11 Å². The fourth-order valence-electron chi connectivity index (χ4n) is 3.01. The van der Waals surface area contributed by atoms with Gasteiger partial charge in [-0.3, -0.25) is 4.90 Å². The lowest BCUT2D eigenvalue weighted by atomic mass is 9.86. The largest absolute Gasteiger partial charge is 0.497 e. The van der Waals surface area contributed by atoms with E-state index in [1.54, 1.807) is 7.11 Å². The molecule has 0 radical (unpaired) electrons. The number of aryl methyl sites for hydroxylation is 1. The molecule has 0 spiro atoms. The summed E-state index contributed by atoms with van der Waals surface area (Å²) in [5.41, 5.74) is 2.97. The van der Waals surface area contributed by atoms with Gasteiger partial charge in [0.15, 0.2) is 0 Å². The average Bonchev–Trinajstić information content (AvgIpc) is 2.46. The summed E-state index contributed by atoms with van der Waals surface area (Å²) < 4.78 is 5.33. The summed E-state index contributed by atoms with van der Waals surface area (Å²) in [6.45, 7) is 2.24. The number of methoxy groups -OCH3 is 1. The maximum absolute atomic E-state index is 5.33. The Kier molecular flexibility index (Phi) is 5.23. The van der Waals surface area contributed by atoms with Crippen molar-refractivity contribution in [3.63, 3.8) is 0 Å². The molecule has 0 aromatic heterocycles. The molecule has 0 fully saturated rings. The monoisotopic (exact) mass is 262 g/mol. The van der Waals surface area contributed by atoms with Crippen LogP contribution in [-0.4, -0.2) is 39.2 Å². The molecule has 3 nitrogen and oxygen atoms in total. The molecule has 2 rings (SSSR count). The number of rotatable bonds is 6. The number of hydrogen-bond donors (Lipinski definition) is 1. The van der Waals surface area contributed by atoms with Crippen LogP contribution in [-0.2, 0) is 6.42 Å². The maximum atomic E-state index is 5.33. The van der Waals surface area contributed by atoms with Crippen LogP contribution >= 0.6 is 0 Å². The van der Waals surface area contributed by atoms with Gasteiger partial charge in [-0.05, 0) is 76.1 Å². The fourth-order valence-corrected chi connectivity index (χ4v) is 3.01. The topological polar surface area (TPSA) is 24.5 Å². The van der Waals surface area contributed by atoms with Crippen molar-refractivity contribution in [1.82, 2.24) is 10.2 Å². The van der Waals surface area contributed by atoms with Gasteiger partial charge in [0.25, 0.3) is 0 Å². The maximum Gasteiger partial charge on any atom is 0.119 e. The van der Waals surface area contributed by atoms with Crippen molar-refractivity contribution in [1.29, 1.82) is 0 Å². The number of fused-ring (bicyclic) bond motifs is 1. The summed E-state index contributed by atoms with van der Waals surface area (Å²) in [6.07, 6.45) is 4.94. The predicted molar refractivity (Wildman–Crippen MR) is 79.8 cm³/mol. The van der Waals surface area contributed by atoms with Gasteiger partial charge in [-0.25, -0.2) is 0 Å². The van der Waals surface area contributed by atoms with E-state index in [0.717, 1.165) is 18.8 Å². The number of hydrogen-bond acceptors (Lipinski definition) is 3. The third-order valence-electron chi connectivity index (χ3n) is 4.10. The van der Waals surface area contributed by atoms with E-state index >= 15 is 0 Å². The van der Waals surface area contributed by atoms with E-state index in [9.17, 15) is 0 Å². The van der Waals surface area contributed by atoms with E-state index in [2.05, 4.69) is 35.5 Å². The van der Waals surface area contributed by atoms with Crippen LogP contribution in [0.5, 0.6) is 5.75 Å². The molecule has 0 aliphatic heterocycles. The first-order valence-electron chi connectivity index (χ1n) is 7.28. The van der Waals surface area contributed by atoms with Crippen LogP contribution in [0.3, 0.4) is 0 Å². The van der Waals surface area contributed by atoms with Crippen LogP contribution in [0.4, 0.5) is 0 Å². The highest BCUT2D eigenvalue weighted by molar-refractivity contribution is 5.39. The third kappa shape index (κ3) is 3.48. The van der Waals surface area contributed by atoms with Crippen LogP contribution in [0.2, 0.25) is 0 Å². The molecule has 1 aromatic rings.